The van der Waals surface area contributed by atoms with E-state index in [2.05, 4.69) is 0 Å². The minimum Gasteiger partial charge on any atom is -0.466 e. The maximum atomic E-state index is 10.9. The quantitative estimate of drug-likeness (QED) is 0.744. The molecule has 4 nitrogen and oxygen atoms in total. The van der Waals surface area contributed by atoms with Crippen LogP contribution in [-0.4, -0.2) is 25.2 Å². The Morgan fingerprint density at radius 1 is 0.800 bits per heavy atom. The zero-order chi connectivity index (χ0) is 14.5. The molecule has 114 valence electrons. The molecule has 0 aromatic heterocycles. The van der Waals surface area contributed by atoms with Gasteiger partial charge in [0.05, 0.1) is 13.2 Å². The summed E-state index contributed by atoms with van der Waals surface area (Å²) in [5.74, 6) is 2.31. The van der Waals surface area contributed by atoms with Crippen LogP contribution in [0, 0.1) is 23.7 Å². The molecule has 0 heterocycles. The summed E-state index contributed by atoms with van der Waals surface area (Å²) in [6.07, 6.45) is 7.17. The molecule has 2 aliphatic carbocycles. The van der Waals surface area contributed by atoms with Crippen molar-refractivity contribution in [1.29, 1.82) is 0 Å². The van der Waals surface area contributed by atoms with Crippen LogP contribution in [0.3, 0.4) is 0 Å². The number of esters is 2. The van der Waals surface area contributed by atoms with Gasteiger partial charge in [-0.25, -0.2) is 0 Å². The van der Waals surface area contributed by atoms with E-state index in [1.54, 1.807) is 0 Å². The van der Waals surface area contributed by atoms with Crippen molar-refractivity contribution in [3.63, 3.8) is 0 Å². The second-order valence-electron chi connectivity index (χ2n) is 6.48. The van der Waals surface area contributed by atoms with Gasteiger partial charge in [-0.1, -0.05) is 0 Å². The van der Waals surface area contributed by atoms with E-state index in [1.807, 2.05) is 0 Å². The molecule has 0 aromatic rings. The first-order valence-electron chi connectivity index (χ1n) is 7.81. The molecule has 0 aromatic carbocycles. The fraction of sp³-hybridized carbons (Fsp3) is 0.875. The normalized spacial score (nSPS) is 33.1. The third-order valence-electron chi connectivity index (χ3n) is 4.87. The zero-order valence-electron chi connectivity index (χ0n) is 12.6. The van der Waals surface area contributed by atoms with Gasteiger partial charge in [0, 0.05) is 13.8 Å². The molecule has 2 aliphatic rings. The molecule has 0 N–H and O–H groups in total. The summed E-state index contributed by atoms with van der Waals surface area (Å²) in [5, 5.41) is 0. The molecule has 0 spiro atoms. The largest absolute Gasteiger partial charge is 0.466 e. The van der Waals surface area contributed by atoms with Gasteiger partial charge in [0.2, 0.25) is 0 Å². The minimum absolute atomic E-state index is 0.169. The van der Waals surface area contributed by atoms with E-state index in [0.29, 0.717) is 25.0 Å². The number of hydrogen-bond acceptors (Lipinski definition) is 4. The predicted octanol–water partition coefficient (Wildman–Crippen LogP) is 2.95. The lowest BCUT2D eigenvalue weighted by molar-refractivity contribution is -0.144. The second-order valence-corrected chi connectivity index (χ2v) is 6.48. The molecule has 0 aliphatic heterocycles. The van der Waals surface area contributed by atoms with Crippen molar-refractivity contribution in [1.82, 2.24) is 0 Å². The third kappa shape index (κ3) is 4.50. The molecule has 20 heavy (non-hydrogen) atoms. The van der Waals surface area contributed by atoms with E-state index in [1.165, 1.54) is 39.5 Å². The fourth-order valence-electron chi connectivity index (χ4n) is 3.86. The number of carbonyl (C=O) groups is 2. The van der Waals surface area contributed by atoms with Crippen molar-refractivity contribution in [3.05, 3.63) is 0 Å². The highest BCUT2D eigenvalue weighted by Crippen LogP contribution is 2.44. The van der Waals surface area contributed by atoms with Gasteiger partial charge in [0.15, 0.2) is 0 Å². The van der Waals surface area contributed by atoms with Gasteiger partial charge in [-0.15, -0.1) is 0 Å². The monoisotopic (exact) mass is 282 g/mol. The van der Waals surface area contributed by atoms with Crippen molar-refractivity contribution < 1.29 is 19.1 Å². The summed E-state index contributed by atoms with van der Waals surface area (Å²) in [7, 11) is 0. The first-order chi connectivity index (χ1) is 9.54. The van der Waals surface area contributed by atoms with Gasteiger partial charge in [-0.2, -0.15) is 0 Å². The molecular weight excluding hydrogens is 256 g/mol. The molecule has 2 saturated carbocycles. The van der Waals surface area contributed by atoms with Crippen molar-refractivity contribution in [2.45, 2.75) is 52.4 Å². The maximum Gasteiger partial charge on any atom is 0.302 e. The fourth-order valence-corrected chi connectivity index (χ4v) is 3.86. The first-order valence-corrected chi connectivity index (χ1v) is 7.81. The average Bonchev–Trinajstić information content (AvgIpc) is 2.42. The van der Waals surface area contributed by atoms with Gasteiger partial charge >= 0.3 is 11.9 Å². The van der Waals surface area contributed by atoms with E-state index < -0.39 is 0 Å². The molecular formula is C16H26O4. The molecule has 4 unspecified atom stereocenters. The van der Waals surface area contributed by atoms with Crippen molar-refractivity contribution >= 4 is 11.9 Å². The topological polar surface area (TPSA) is 52.6 Å². The highest BCUT2D eigenvalue weighted by Gasteiger charge is 2.36. The molecule has 0 bridgehead atoms. The Kier molecular flexibility index (Phi) is 5.44. The molecule has 4 heteroatoms. The van der Waals surface area contributed by atoms with Crippen LogP contribution in [0.15, 0.2) is 0 Å². The average molecular weight is 282 g/mol. The van der Waals surface area contributed by atoms with Crippen LogP contribution in [0.5, 0.6) is 0 Å². The Morgan fingerprint density at radius 2 is 1.20 bits per heavy atom. The van der Waals surface area contributed by atoms with Gasteiger partial charge in [-0.05, 0) is 62.2 Å². The van der Waals surface area contributed by atoms with Crippen LogP contribution in [0.4, 0.5) is 0 Å². The Bertz CT molecular complexity index is 318. The Labute approximate surface area is 121 Å². The molecule has 0 amide bonds. The number of ether oxygens (including phenoxy) is 2. The van der Waals surface area contributed by atoms with Crippen LogP contribution < -0.4 is 0 Å². The SMILES string of the molecule is CC(=O)OCC1CCC2CC(COC(C)=O)CCC2C1. The zero-order valence-corrected chi connectivity index (χ0v) is 12.6. The highest BCUT2D eigenvalue weighted by atomic mass is 16.5. The maximum absolute atomic E-state index is 10.9. The minimum atomic E-state index is -0.169. The highest BCUT2D eigenvalue weighted by molar-refractivity contribution is 5.66. The van der Waals surface area contributed by atoms with Crippen molar-refractivity contribution in [2.24, 2.45) is 23.7 Å². The number of hydrogen-bond donors (Lipinski definition) is 0. The van der Waals surface area contributed by atoms with E-state index in [-0.39, 0.29) is 11.9 Å². The Hall–Kier alpha value is -1.06. The summed E-state index contributed by atoms with van der Waals surface area (Å²) in [6, 6.07) is 0. The second kappa shape index (κ2) is 7.09. The van der Waals surface area contributed by atoms with Gasteiger partial charge in [0.1, 0.15) is 0 Å². The summed E-state index contributed by atoms with van der Waals surface area (Å²) in [6.45, 7) is 4.14. The first kappa shape index (κ1) is 15.3. The third-order valence-corrected chi connectivity index (χ3v) is 4.87. The van der Waals surface area contributed by atoms with E-state index in [4.69, 9.17) is 9.47 Å². The Morgan fingerprint density at radius 3 is 1.55 bits per heavy atom. The van der Waals surface area contributed by atoms with Gasteiger partial charge < -0.3 is 9.47 Å². The van der Waals surface area contributed by atoms with E-state index >= 15 is 0 Å². The van der Waals surface area contributed by atoms with Crippen LogP contribution in [-0.2, 0) is 19.1 Å². The lowest BCUT2D eigenvalue weighted by Gasteiger charge is -2.41. The standard InChI is InChI=1S/C16H26O4/c1-11(17)19-9-13-3-5-16-8-14(10-20-12(2)18)4-6-15(16)7-13/h13-16H,3-10H2,1-2H3. The van der Waals surface area contributed by atoms with Crippen LogP contribution in [0.25, 0.3) is 0 Å². The van der Waals surface area contributed by atoms with Crippen LogP contribution in [0.2, 0.25) is 0 Å². The summed E-state index contributed by atoms with van der Waals surface area (Å²) in [5.41, 5.74) is 0. The van der Waals surface area contributed by atoms with Crippen LogP contribution >= 0.6 is 0 Å². The smallest absolute Gasteiger partial charge is 0.302 e. The van der Waals surface area contributed by atoms with Gasteiger partial charge in [0.25, 0.3) is 0 Å². The Balaban J connectivity index is 1.74. The number of rotatable bonds is 4. The van der Waals surface area contributed by atoms with E-state index in [0.717, 1.165) is 24.7 Å². The lowest BCUT2D eigenvalue weighted by Crippen LogP contribution is -2.34. The van der Waals surface area contributed by atoms with Gasteiger partial charge in [-0.3, -0.25) is 9.59 Å². The molecule has 0 saturated heterocycles. The molecule has 4 atom stereocenters. The number of carbonyl (C=O) groups excluding carboxylic acids is 2. The molecule has 2 rings (SSSR count). The lowest BCUT2D eigenvalue weighted by atomic mass is 9.65. The molecule has 0 radical (unpaired) electrons. The van der Waals surface area contributed by atoms with E-state index in [9.17, 15) is 9.59 Å². The summed E-state index contributed by atoms with van der Waals surface area (Å²) >= 11 is 0. The summed E-state index contributed by atoms with van der Waals surface area (Å²) < 4.78 is 10.3. The number of fused-ring (bicyclic) bond motifs is 1. The molecule has 2 fully saturated rings. The van der Waals surface area contributed by atoms with Crippen molar-refractivity contribution in [3.8, 4) is 0 Å². The summed E-state index contributed by atoms with van der Waals surface area (Å²) in [4.78, 5) is 21.8. The predicted molar refractivity (Wildman–Crippen MR) is 74.9 cm³/mol. The van der Waals surface area contributed by atoms with Crippen molar-refractivity contribution in [2.75, 3.05) is 13.2 Å². The van der Waals surface area contributed by atoms with Crippen LogP contribution in [0.1, 0.15) is 52.4 Å².